The van der Waals surface area contributed by atoms with Gasteiger partial charge in [0.05, 0.1) is 13.2 Å². The van der Waals surface area contributed by atoms with E-state index in [1.807, 2.05) is 11.8 Å². The van der Waals surface area contributed by atoms with Gasteiger partial charge in [0.15, 0.2) is 5.79 Å². The summed E-state index contributed by atoms with van der Waals surface area (Å²) in [5.74, 6) is -0.343. The van der Waals surface area contributed by atoms with Gasteiger partial charge in [-0.25, -0.2) is 0 Å². The third-order valence-corrected chi connectivity index (χ3v) is 6.36. The molecule has 1 aromatic rings. The Balaban J connectivity index is 1.49. The first-order valence-electron chi connectivity index (χ1n) is 8.06. The highest BCUT2D eigenvalue weighted by molar-refractivity contribution is 8.00. The lowest BCUT2D eigenvalue weighted by molar-refractivity contribution is -0.176. The van der Waals surface area contributed by atoms with Crippen LogP contribution in [-0.4, -0.2) is 30.3 Å². The van der Waals surface area contributed by atoms with E-state index >= 15 is 0 Å². The maximum atomic E-state index is 6.36. The molecule has 1 heterocycles. The van der Waals surface area contributed by atoms with Gasteiger partial charge in [0.1, 0.15) is 0 Å². The summed E-state index contributed by atoms with van der Waals surface area (Å²) in [7, 11) is 0. The van der Waals surface area contributed by atoms with Crippen molar-refractivity contribution in [1.29, 1.82) is 0 Å². The molecule has 0 aromatic heterocycles. The predicted octanol–water partition coefficient (Wildman–Crippen LogP) is 2.89. The number of rotatable bonds is 2. The zero-order chi connectivity index (χ0) is 14.3. The van der Waals surface area contributed by atoms with Gasteiger partial charge in [0.25, 0.3) is 0 Å². The van der Waals surface area contributed by atoms with Crippen LogP contribution in [-0.2, 0) is 22.3 Å². The monoisotopic (exact) mass is 305 g/mol. The summed E-state index contributed by atoms with van der Waals surface area (Å²) in [5, 5.41) is 0.385. The molecule has 1 saturated heterocycles. The number of nitrogens with two attached hydrogens (primary N) is 1. The lowest BCUT2D eigenvalue weighted by Crippen LogP contribution is -2.47. The van der Waals surface area contributed by atoms with Crippen LogP contribution in [0.15, 0.2) is 23.1 Å². The van der Waals surface area contributed by atoms with Gasteiger partial charge in [-0.15, -0.1) is 11.8 Å². The zero-order valence-electron chi connectivity index (χ0n) is 12.3. The summed E-state index contributed by atoms with van der Waals surface area (Å²) < 4.78 is 11.8. The minimum Gasteiger partial charge on any atom is -0.347 e. The van der Waals surface area contributed by atoms with E-state index in [1.165, 1.54) is 35.3 Å². The molecule has 1 aromatic carbocycles. The maximum absolute atomic E-state index is 6.36. The summed E-state index contributed by atoms with van der Waals surface area (Å²) in [6.07, 6.45) is 6.62. The molecule has 0 bridgehead atoms. The molecule has 1 aliphatic heterocycles. The molecular weight excluding hydrogens is 282 g/mol. The van der Waals surface area contributed by atoms with Crippen LogP contribution < -0.4 is 5.73 Å². The van der Waals surface area contributed by atoms with Crippen LogP contribution in [0.3, 0.4) is 0 Å². The number of ether oxygens (including phenoxy) is 2. The van der Waals surface area contributed by atoms with Crippen molar-refractivity contribution in [2.45, 2.75) is 60.5 Å². The van der Waals surface area contributed by atoms with Gasteiger partial charge in [-0.3, -0.25) is 0 Å². The van der Waals surface area contributed by atoms with Crippen molar-refractivity contribution >= 4 is 11.8 Å². The first-order chi connectivity index (χ1) is 10.2. The molecule has 4 rings (SSSR count). The van der Waals surface area contributed by atoms with Crippen molar-refractivity contribution < 1.29 is 9.47 Å². The highest BCUT2D eigenvalue weighted by atomic mass is 32.2. The van der Waals surface area contributed by atoms with Crippen LogP contribution >= 0.6 is 11.8 Å². The number of hydrogen-bond acceptors (Lipinski definition) is 4. The SMILES string of the molecule is NC1CCC2(CC1Sc1ccc3c(c1)CCC3)OCCO2. The molecule has 2 N–H and O–H groups in total. The summed E-state index contributed by atoms with van der Waals surface area (Å²) in [6.45, 7) is 1.46. The van der Waals surface area contributed by atoms with Gasteiger partial charge in [-0.05, 0) is 48.9 Å². The van der Waals surface area contributed by atoms with Crippen LogP contribution in [0.2, 0.25) is 0 Å². The molecule has 114 valence electrons. The molecule has 0 amide bonds. The van der Waals surface area contributed by atoms with Crippen molar-refractivity contribution in [3.8, 4) is 0 Å². The third kappa shape index (κ3) is 2.74. The fraction of sp³-hybridized carbons (Fsp3) is 0.647. The van der Waals surface area contributed by atoms with Crippen molar-refractivity contribution in [3.63, 3.8) is 0 Å². The second kappa shape index (κ2) is 5.58. The predicted molar refractivity (Wildman–Crippen MR) is 84.6 cm³/mol. The lowest BCUT2D eigenvalue weighted by Gasteiger charge is -2.39. The normalized spacial score (nSPS) is 30.7. The molecule has 21 heavy (non-hydrogen) atoms. The number of fused-ring (bicyclic) bond motifs is 1. The summed E-state index contributed by atoms with van der Waals surface area (Å²) >= 11 is 1.91. The second-order valence-electron chi connectivity index (χ2n) is 6.45. The molecule has 1 saturated carbocycles. The first kappa shape index (κ1) is 14.1. The van der Waals surface area contributed by atoms with E-state index in [2.05, 4.69) is 18.2 Å². The first-order valence-corrected chi connectivity index (χ1v) is 8.94. The van der Waals surface area contributed by atoms with Gasteiger partial charge in [-0.1, -0.05) is 6.07 Å². The van der Waals surface area contributed by atoms with E-state index in [9.17, 15) is 0 Å². The molecule has 2 unspecified atom stereocenters. The standard InChI is InChI=1S/C17H23NO2S/c18-15-6-7-17(19-8-9-20-17)11-16(15)21-14-5-4-12-2-1-3-13(12)10-14/h4-5,10,15-16H,1-3,6-9,11,18H2. The highest BCUT2D eigenvalue weighted by Crippen LogP contribution is 2.42. The van der Waals surface area contributed by atoms with Gasteiger partial charge >= 0.3 is 0 Å². The molecule has 1 spiro atoms. The minimum absolute atomic E-state index is 0.238. The Hall–Kier alpha value is -0.550. The van der Waals surface area contributed by atoms with Crippen LogP contribution in [0.25, 0.3) is 0 Å². The van der Waals surface area contributed by atoms with Crippen molar-refractivity contribution in [2.75, 3.05) is 13.2 Å². The lowest BCUT2D eigenvalue weighted by atomic mass is 9.90. The smallest absolute Gasteiger partial charge is 0.169 e. The van der Waals surface area contributed by atoms with Crippen molar-refractivity contribution in [3.05, 3.63) is 29.3 Å². The average molecular weight is 305 g/mol. The summed E-state index contributed by atoms with van der Waals surface area (Å²) in [6, 6.07) is 7.18. The van der Waals surface area contributed by atoms with Gasteiger partial charge in [0, 0.05) is 29.0 Å². The zero-order valence-corrected chi connectivity index (χ0v) is 13.2. The Bertz CT molecular complexity index is 528. The topological polar surface area (TPSA) is 44.5 Å². The molecule has 2 aliphatic carbocycles. The van der Waals surface area contributed by atoms with Crippen molar-refractivity contribution in [1.82, 2.24) is 0 Å². The summed E-state index contributed by atoms with van der Waals surface area (Å²) in [5.41, 5.74) is 9.43. The quantitative estimate of drug-likeness (QED) is 0.912. The fourth-order valence-corrected chi connectivity index (χ4v) is 5.17. The Morgan fingerprint density at radius 2 is 1.95 bits per heavy atom. The van der Waals surface area contributed by atoms with Gasteiger partial charge < -0.3 is 15.2 Å². The fourth-order valence-electron chi connectivity index (χ4n) is 3.82. The molecule has 3 aliphatic rings. The molecule has 2 atom stereocenters. The molecule has 2 fully saturated rings. The van der Waals surface area contributed by atoms with Crippen LogP contribution in [0, 0.1) is 0 Å². The van der Waals surface area contributed by atoms with Crippen molar-refractivity contribution in [2.24, 2.45) is 5.73 Å². The Labute approximate surface area is 130 Å². The van der Waals surface area contributed by atoms with Crippen LogP contribution in [0.1, 0.15) is 36.8 Å². The third-order valence-electron chi connectivity index (χ3n) is 5.02. The highest BCUT2D eigenvalue weighted by Gasteiger charge is 2.44. The van der Waals surface area contributed by atoms with Crippen LogP contribution in [0.4, 0.5) is 0 Å². The molecular formula is C17H23NO2S. The number of benzene rings is 1. The van der Waals surface area contributed by atoms with E-state index < -0.39 is 0 Å². The maximum Gasteiger partial charge on any atom is 0.169 e. The van der Waals surface area contributed by atoms with E-state index in [1.54, 1.807) is 0 Å². The summed E-state index contributed by atoms with van der Waals surface area (Å²) in [4.78, 5) is 1.35. The number of aryl methyl sites for hydroxylation is 2. The largest absolute Gasteiger partial charge is 0.347 e. The molecule has 0 radical (unpaired) electrons. The van der Waals surface area contributed by atoms with E-state index in [4.69, 9.17) is 15.2 Å². The van der Waals surface area contributed by atoms with Gasteiger partial charge in [-0.2, -0.15) is 0 Å². The average Bonchev–Trinajstić information content (AvgIpc) is 3.12. The second-order valence-corrected chi connectivity index (χ2v) is 7.77. The van der Waals surface area contributed by atoms with E-state index in [-0.39, 0.29) is 11.8 Å². The van der Waals surface area contributed by atoms with E-state index in [0.717, 1.165) is 32.5 Å². The Morgan fingerprint density at radius 1 is 1.14 bits per heavy atom. The number of thioether (sulfide) groups is 1. The Morgan fingerprint density at radius 3 is 2.81 bits per heavy atom. The van der Waals surface area contributed by atoms with E-state index in [0.29, 0.717) is 5.25 Å². The van der Waals surface area contributed by atoms with Crippen LogP contribution in [0.5, 0.6) is 0 Å². The Kier molecular flexibility index (Phi) is 3.74. The molecule has 3 nitrogen and oxygen atoms in total. The molecule has 4 heteroatoms. The minimum atomic E-state index is -0.343. The van der Waals surface area contributed by atoms with Gasteiger partial charge in [0.2, 0.25) is 0 Å². The number of hydrogen-bond donors (Lipinski definition) is 1.